The number of nitrogens with zero attached hydrogens (tertiary/aromatic N) is 1. The van der Waals surface area contributed by atoms with Crippen molar-refractivity contribution in [1.29, 1.82) is 0 Å². The molecule has 27 heavy (non-hydrogen) atoms. The lowest BCUT2D eigenvalue weighted by Crippen LogP contribution is -2.33. The fourth-order valence-corrected chi connectivity index (χ4v) is 3.14. The maximum atomic E-state index is 12.5. The second-order valence-corrected chi connectivity index (χ2v) is 6.76. The summed E-state index contributed by atoms with van der Waals surface area (Å²) in [6.45, 7) is 2.15. The zero-order valence-corrected chi connectivity index (χ0v) is 15.1. The third-order valence-corrected chi connectivity index (χ3v) is 4.63. The topological polar surface area (TPSA) is 51.2 Å². The van der Waals surface area contributed by atoms with Crippen LogP contribution in [0.2, 0.25) is 5.02 Å². The van der Waals surface area contributed by atoms with E-state index in [0.29, 0.717) is 29.3 Å². The van der Waals surface area contributed by atoms with Crippen LogP contribution in [0.25, 0.3) is 0 Å². The van der Waals surface area contributed by atoms with Gasteiger partial charge in [-0.25, -0.2) is 0 Å². The van der Waals surface area contributed by atoms with Crippen LogP contribution in [-0.4, -0.2) is 30.5 Å². The van der Waals surface area contributed by atoms with Crippen molar-refractivity contribution in [2.45, 2.75) is 25.1 Å². The molecule has 1 saturated heterocycles. The van der Waals surface area contributed by atoms with E-state index in [1.54, 1.807) is 12.1 Å². The highest BCUT2D eigenvalue weighted by atomic mass is 35.5. The van der Waals surface area contributed by atoms with Crippen molar-refractivity contribution in [3.63, 3.8) is 0 Å². The average Bonchev–Trinajstić information content (AvgIpc) is 2.64. The summed E-state index contributed by atoms with van der Waals surface area (Å²) < 4.78 is 43.2. The molecule has 4 nitrogen and oxygen atoms in total. The van der Waals surface area contributed by atoms with Gasteiger partial charge in [0, 0.05) is 37.2 Å². The summed E-state index contributed by atoms with van der Waals surface area (Å²) in [5.41, 5.74) is 1.07. The molecule has 1 aliphatic rings. The van der Waals surface area contributed by atoms with E-state index >= 15 is 0 Å². The molecule has 1 fully saturated rings. The molecule has 0 radical (unpaired) electrons. The minimum absolute atomic E-state index is 0.00112. The smallest absolute Gasteiger partial charge is 0.371 e. The molecule has 1 aliphatic heterocycles. The first kappa shape index (κ1) is 19.8. The van der Waals surface area contributed by atoms with Gasteiger partial charge in [-0.1, -0.05) is 29.8 Å². The van der Waals surface area contributed by atoms with Crippen LogP contribution in [0.4, 0.5) is 13.2 Å². The summed E-state index contributed by atoms with van der Waals surface area (Å²) in [4.78, 5) is 15.6. The van der Waals surface area contributed by atoms with E-state index in [4.69, 9.17) is 16.3 Å². The predicted molar refractivity (Wildman–Crippen MR) is 94.7 cm³/mol. The minimum atomic E-state index is -4.49. The Hall–Kier alpha value is -1.96. The van der Waals surface area contributed by atoms with Gasteiger partial charge in [0.15, 0.2) is 0 Å². The van der Waals surface area contributed by atoms with Crippen molar-refractivity contribution in [2.75, 3.05) is 19.7 Å². The number of ketones is 1. The molecule has 0 aliphatic carbocycles. The number of pyridine rings is 1. The Balaban J connectivity index is 1.62. The molecule has 0 saturated carbocycles. The second kappa shape index (κ2) is 8.37. The lowest BCUT2D eigenvalue weighted by atomic mass is 10.0. The first-order chi connectivity index (χ1) is 12.8. The lowest BCUT2D eigenvalue weighted by Gasteiger charge is -2.24. The number of nitrogens with one attached hydrogen (secondary N) is 1. The van der Waals surface area contributed by atoms with Crippen molar-refractivity contribution >= 4 is 17.4 Å². The number of aromatic nitrogens is 1. The molecule has 144 valence electrons. The highest BCUT2D eigenvalue weighted by Crippen LogP contribution is 2.28. The number of ether oxygens (including phenoxy) is 1. The van der Waals surface area contributed by atoms with Gasteiger partial charge in [0.1, 0.15) is 11.5 Å². The number of morpholine rings is 1. The zero-order chi connectivity index (χ0) is 19.4. The maximum Gasteiger partial charge on any atom is 0.433 e. The number of Topliss-reactive ketones (excluding diaryl/α,β-unsaturated/α-hetero) is 1. The largest absolute Gasteiger partial charge is 0.433 e. The van der Waals surface area contributed by atoms with Crippen LogP contribution in [0, 0.1) is 0 Å². The second-order valence-electron chi connectivity index (χ2n) is 6.36. The molecule has 0 unspecified atom stereocenters. The number of halogens is 4. The van der Waals surface area contributed by atoms with Gasteiger partial charge in [0.2, 0.25) is 0 Å². The molecule has 1 atom stereocenters. The standard InChI is InChI=1S/C19H18ClF3N2O2/c20-16-9-14(17-11-24-5-6-27-17)3-2-13(16)8-15(26)7-12-1-4-18(25-10-12)19(21,22)23/h1-4,9-10,17,24H,5-8,11H2/t17-/m0/s1. The van der Waals surface area contributed by atoms with Crippen molar-refractivity contribution in [1.82, 2.24) is 10.3 Å². The summed E-state index contributed by atoms with van der Waals surface area (Å²) in [6.07, 6.45) is -3.38. The molecular weight excluding hydrogens is 381 g/mol. The van der Waals surface area contributed by atoms with Gasteiger partial charge < -0.3 is 10.1 Å². The molecule has 0 amide bonds. The van der Waals surface area contributed by atoms with E-state index in [0.717, 1.165) is 24.4 Å². The van der Waals surface area contributed by atoms with Crippen LogP contribution in [0.3, 0.4) is 0 Å². The SMILES string of the molecule is O=C(Cc1ccc(C(F)(F)F)nc1)Cc1ccc([C@@H]2CNCCO2)cc1Cl. The Kier molecular flexibility index (Phi) is 6.14. The Morgan fingerprint density at radius 1 is 1.26 bits per heavy atom. The van der Waals surface area contributed by atoms with Gasteiger partial charge in [-0.3, -0.25) is 9.78 Å². The van der Waals surface area contributed by atoms with Gasteiger partial charge in [0.05, 0.1) is 12.7 Å². The van der Waals surface area contributed by atoms with Crippen molar-refractivity contribution < 1.29 is 22.7 Å². The molecule has 3 rings (SSSR count). The lowest BCUT2D eigenvalue weighted by molar-refractivity contribution is -0.141. The molecule has 2 aromatic rings. The number of hydrogen-bond donors (Lipinski definition) is 1. The quantitative estimate of drug-likeness (QED) is 0.833. The highest BCUT2D eigenvalue weighted by molar-refractivity contribution is 6.31. The van der Waals surface area contributed by atoms with Gasteiger partial charge >= 0.3 is 6.18 Å². The number of benzene rings is 1. The molecule has 1 aromatic carbocycles. The number of rotatable bonds is 5. The third-order valence-electron chi connectivity index (χ3n) is 4.28. The Morgan fingerprint density at radius 2 is 2.07 bits per heavy atom. The van der Waals surface area contributed by atoms with Crippen molar-refractivity contribution in [3.8, 4) is 0 Å². The third kappa shape index (κ3) is 5.28. The monoisotopic (exact) mass is 398 g/mol. The predicted octanol–water partition coefficient (Wildman–Crippen LogP) is 3.77. The van der Waals surface area contributed by atoms with E-state index in [-0.39, 0.29) is 24.7 Å². The fourth-order valence-electron chi connectivity index (χ4n) is 2.89. The summed E-state index contributed by atoms with van der Waals surface area (Å²) in [7, 11) is 0. The highest BCUT2D eigenvalue weighted by Gasteiger charge is 2.32. The van der Waals surface area contributed by atoms with Gasteiger partial charge in [-0.05, 0) is 28.8 Å². The normalized spacial score (nSPS) is 17.7. The summed E-state index contributed by atoms with van der Waals surface area (Å²) >= 11 is 6.30. The summed E-state index contributed by atoms with van der Waals surface area (Å²) in [5, 5.41) is 3.71. The molecule has 8 heteroatoms. The Bertz CT molecular complexity index is 804. The minimum Gasteiger partial charge on any atom is -0.371 e. The van der Waals surface area contributed by atoms with Crippen molar-refractivity contribution in [3.05, 3.63) is 63.9 Å². The number of carbonyl (C=O) groups excluding carboxylic acids is 1. The van der Waals surface area contributed by atoms with E-state index < -0.39 is 11.9 Å². The van der Waals surface area contributed by atoms with Gasteiger partial charge in [-0.15, -0.1) is 0 Å². The van der Waals surface area contributed by atoms with Crippen LogP contribution in [0.5, 0.6) is 0 Å². The summed E-state index contributed by atoms with van der Waals surface area (Å²) in [5.74, 6) is -0.151. The molecule has 0 spiro atoms. The van der Waals surface area contributed by atoms with E-state index in [2.05, 4.69) is 10.3 Å². The van der Waals surface area contributed by atoms with E-state index in [9.17, 15) is 18.0 Å². The van der Waals surface area contributed by atoms with Crippen LogP contribution in [-0.2, 0) is 28.5 Å². The number of carbonyl (C=O) groups is 1. The fraction of sp³-hybridized carbons (Fsp3) is 0.368. The Labute approximate surface area is 159 Å². The van der Waals surface area contributed by atoms with Crippen LogP contribution in [0.1, 0.15) is 28.5 Å². The van der Waals surface area contributed by atoms with Crippen LogP contribution < -0.4 is 5.32 Å². The molecule has 1 N–H and O–H groups in total. The van der Waals surface area contributed by atoms with Crippen molar-refractivity contribution in [2.24, 2.45) is 0 Å². The van der Waals surface area contributed by atoms with E-state index in [1.807, 2.05) is 6.07 Å². The number of hydrogen-bond acceptors (Lipinski definition) is 4. The van der Waals surface area contributed by atoms with E-state index in [1.165, 1.54) is 6.07 Å². The molecule has 2 heterocycles. The van der Waals surface area contributed by atoms with Gasteiger partial charge in [-0.2, -0.15) is 13.2 Å². The van der Waals surface area contributed by atoms with Crippen LogP contribution >= 0.6 is 11.6 Å². The Morgan fingerprint density at radius 3 is 2.67 bits per heavy atom. The average molecular weight is 399 g/mol. The molecular formula is C19H18ClF3N2O2. The van der Waals surface area contributed by atoms with Crippen LogP contribution in [0.15, 0.2) is 36.5 Å². The molecule has 1 aromatic heterocycles. The maximum absolute atomic E-state index is 12.5. The van der Waals surface area contributed by atoms with Gasteiger partial charge in [0.25, 0.3) is 0 Å². The first-order valence-corrected chi connectivity index (χ1v) is 8.85. The number of alkyl halides is 3. The zero-order valence-electron chi connectivity index (χ0n) is 14.4. The first-order valence-electron chi connectivity index (χ1n) is 8.47. The summed E-state index contributed by atoms with van der Waals surface area (Å²) in [6, 6.07) is 7.61. The molecule has 0 bridgehead atoms.